The fourth-order valence-electron chi connectivity index (χ4n) is 3.46. The number of rotatable bonds is 3. The Balaban J connectivity index is 2.84. The van der Waals surface area contributed by atoms with Crippen LogP contribution >= 0.6 is 0 Å². The Kier molecular flexibility index (Phi) is 3.71. The van der Waals surface area contributed by atoms with E-state index in [1.165, 1.54) is 31.2 Å². The van der Waals surface area contributed by atoms with E-state index in [4.69, 9.17) is 5.73 Å². The van der Waals surface area contributed by atoms with Gasteiger partial charge in [-0.25, -0.2) is 0 Å². The first-order chi connectivity index (χ1) is 10.1. The van der Waals surface area contributed by atoms with Gasteiger partial charge in [-0.15, -0.1) is 0 Å². The number of carbonyl (C=O) groups excluding carboxylic acids is 2. The maximum atomic E-state index is 14.1. The summed E-state index contributed by atoms with van der Waals surface area (Å²) in [6.07, 6.45) is -5.63. The second-order valence-electron chi connectivity index (χ2n) is 5.52. The molecule has 2 amide bonds. The molecule has 1 aromatic rings. The van der Waals surface area contributed by atoms with Gasteiger partial charge in [0, 0.05) is 13.0 Å². The smallest absolute Gasteiger partial charge is 0.368 e. The van der Waals surface area contributed by atoms with Crippen LogP contribution in [0.3, 0.4) is 0 Å². The minimum absolute atomic E-state index is 0.0249. The zero-order chi connectivity index (χ0) is 16.8. The molecule has 0 aromatic heterocycles. The maximum Gasteiger partial charge on any atom is 0.401 e. The molecule has 2 N–H and O–H groups in total. The number of benzene rings is 1. The van der Waals surface area contributed by atoms with Crippen LogP contribution in [0, 0.1) is 0 Å². The molecule has 1 heterocycles. The molecular formula is C15H17F3N2O2. The van der Waals surface area contributed by atoms with E-state index in [2.05, 4.69) is 0 Å². The van der Waals surface area contributed by atoms with Gasteiger partial charge in [0.1, 0.15) is 11.0 Å². The largest absolute Gasteiger partial charge is 0.401 e. The number of likely N-dealkylation sites (tertiary alicyclic amines) is 1. The van der Waals surface area contributed by atoms with Crippen molar-refractivity contribution in [2.75, 3.05) is 6.54 Å². The second-order valence-corrected chi connectivity index (χ2v) is 5.52. The van der Waals surface area contributed by atoms with Gasteiger partial charge >= 0.3 is 6.18 Å². The third-order valence-corrected chi connectivity index (χ3v) is 4.63. The lowest BCUT2D eigenvalue weighted by atomic mass is 9.65. The van der Waals surface area contributed by atoms with Crippen molar-refractivity contribution < 1.29 is 22.8 Å². The van der Waals surface area contributed by atoms with Gasteiger partial charge in [-0.1, -0.05) is 30.3 Å². The Morgan fingerprint density at radius 1 is 1.32 bits per heavy atom. The number of nitrogens with zero attached hydrogens (tertiary/aromatic N) is 1. The SMILES string of the molecule is CCN1C(=O)CC(c2ccccc2)(C(F)(F)F)[C@@]1(C)C(N)=O. The first-order valence-electron chi connectivity index (χ1n) is 6.85. The number of hydrogen-bond donors (Lipinski definition) is 1. The Bertz CT molecular complexity index is 601. The van der Waals surface area contributed by atoms with E-state index in [9.17, 15) is 22.8 Å². The van der Waals surface area contributed by atoms with Crippen molar-refractivity contribution >= 4 is 11.8 Å². The number of likely N-dealkylation sites (N-methyl/N-ethyl adjacent to an activating group) is 1. The van der Waals surface area contributed by atoms with Gasteiger partial charge in [-0.2, -0.15) is 13.2 Å². The normalized spacial score (nSPS) is 29.0. The van der Waals surface area contributed by atoms with Crippen LogP contribution in [0.5, 0.6) is 0 Å². The van der Waals surface area contributed by atoms with Gasteiger partial charge in [0.05, 0.1) is 0 Å². The Labute approximate surface area is 126 Å². The zero-order valence-corrected chi connectivity index (χ0v) is 12.3. The maximum absolute atomic E-state index is 14.1. The third-order valence-electron chi connectivity index (χ3n) is 4.63. The minimum atomic E-state index is -4.81. The minimum Gasteiger partial charge on any atom is -0.368 e. The fourth-order valence-corrected chi connectivity index (χ4v) is 3.46. The summed E-state index contributed by atoms with van der Waals surface area (Å²) >= 11 is 0. The molecule has 2 rings (SSSR count). The Morgan fingerprint density at radius 3 is 2.27 bits per heavy atom. The van der Waals surface area contributed by atoms with Crippen LogP contribution in [-0.2, 0) is 15.0 Å². The zero-order valence-electron chi connectivity index (χ0n) is 12.3. The van der Waals surface area contributed by atoms with Gasteiger partial charge in [0.15, 0.2) is 0 Å². The van der Waals surface area contributed by atoms with E-state index in [-0.39, 0.29) is 12.1 Å². The standard InChI is InChI=1S/C15H17F3N2O2/c1-3-20-11(21)9-14(15(16,17)18,13(20,2)12(19)22)10-7-5-4-6-8-10/h4-8H,3,9H2,1-2H3,(H2,19,22)/t13-,14?/m1/s1. The van der Waals surface area contributed by atoms with Gasteiger partial charge in [0.2, 0.25) is 11.8 Å². The number of alkyl halides is 3. The number of primary amides is 1. The first kappa shape index (κ1) is 16.3. The number of amides is 2. The number of carbonyl (C=O) groups is 2. The summed E-state index contributed by atoms with van der Waals surface area (Å²) in [6.45, 7) is 2.60. The Hall–Kier alpha value is -2.05. The molecule has 1 fully saturated rings. The predicted octanol–water partition coefficient (Wildman–Crippen LogP) is 1.98. The van der Waals surface area contributed by atoms with Crippen LogP contribution < -0.4 is 5.73 Å². The molecule has 0 bridgehead atoms. The highest BCUT2D eigenvalue weighted by Crippen LogP contribution is 2.57. The van der Waals surface area contributed by atoms with Crippen molar-refractivity contribution in [3.8, 4) is 0 Å². The van der Waals surface area contributed by atoms with Crippen molar-refractivity contribution in [1.29, 1.82) is 0 Å². The summed E-state index contributed by atoms with van der Waals surface area (Å²) in [7, 11) is 0. The first-order valence-corrected chi connectivity index (χ1v) is 6.85. The molecule has 2 atom stereocenters. The summed E-state index contributed by atoms with van der Waals surface area (Å²) in [5, 5.41) is 0. The summed E-state index contributed by atoms with van der Waals surface area (Å²) in [5.74, 6) is -1.90. The van der Waals surface area contributed by atoms with Gasteiger partial charge in [-0.05, 0) is 19.4 Å². The number of hydrogen-bond acceptors (Lipinski definition) is 2. The number of halogens is 3. The van der Waals surface area contributed by atoms with Gasteiger partial charge in [0.25, 0.3) is 0 Å². The quantitative estimate of drug-likeness (QED) is 0.927. The fraction of sp³-hybridized carbons (Fsp3) is 0.467. The summed E-state index contributed by atoms with van der Waals surface area (Å²) in [4.78, 5) is 25.1. The Morgan fingerprint density at radius 2 is 1.86 bits per heavy atom. The van der Waals surface area contributed by atoms with E-state index in [0.717, 1.165) is 11.8 Å². The van der Waals surface area contributed by atoms with Crippen molar-refractivity contribution in [3.05, 3.63) is 35.9 Å². The molecule has 1 unspecified atom stereocenters. The van der Waals surface area contributed by atoms with Crippen molar-refractivity contribution in [2.24, 2.45) is 5.73 Å². The molecule has 4 nitrogen and oxygen atoms in total. The molecule has 120 valence electrons. The van der Waals surface area contributed by atoms with E-state index in [0.29, 0.717) is 0 Å². The topological polar surface area (TPSA) is 63.4 Å². The van der Waals surface area contributed by atoms with E-state index in [1.54, 1.807) is 6.07 Å². The monoisotopic (exact) mass is 314 g/mol. The van der Waals surface area contributed by atoms with Crippen molar-refractivity contribution in [3.63, 3.8) is 0 Å². The third kappa shape index (κ3) is 1.84. The van der Waals surface area contributed by atoms with E-state index in [1.807, 2.05) is 0 Å². The number of nitrogens with two attached hydrogens (primary N) is 1. The lowest BCUT2D eigenvalue weighted by Gasteiger charge is -2.45. The highest BCUT2D eigenvalue weighted by molar-refractivity contribution is 5.97. The van der Waals surface area contributed by atoms with Crippen LogP contribution in [0.2, 0.25) is 0 Å². The molecule has 7 heteroatoms. The highest BCUT2D eigenvalue weighted by Gasteiger charge is 2.75. The lowest BCUT2D eigenvalue weighted by molar-refractivity contribution is -0.212. The van der Waals surface area contributed by atoms with Crippen LogP contribution in [0.4, 0.5) is 13.2 Å². The summed E-state index contributed by atoms with van der Waals surface area (Å²) in [5.41, 5.74) is 0.385. The average molecular weight is 314 g/mol. The molecule has 1 saturated heterocycles. The molecule has 0 aliphatic carbocycles. The van der Waals surface area contributed by atoms with Crippen LogP contribution in [-0.4, -0.2) is 35.0 Å². The lowest BCUT2D eigenvalue weighted by Crippen LogP contribution is -2.67. The van der Waals surface area contributed by atoms with Gasteiger partial charge in [-0.3, -0.25) is 9.59 Å². The summed E-state index contributed by atoms with van der Waals surface area (Å²) in [6, 6.07) is 7.03. The van der Waals surface area contributed by atoms with E-state index < -0.39 is 35.4 Å². The van der Waals surface area contributed by atoms with E-state index >= 15 is 0 Å². The average Bonchev–Trinajstić information content (AvgIpc) is 2.69. The molecule has 1 aromatic carbocycles. The van der Waals surface area contributed by atoms with Gasteiger partial charge < -0.3 is 10.6 Å². The molecule has 22 heavy (non-hydrogen) atoms. The predicted molar refractivity (Wildman–Crippen MR) is 73.8 cm³/mol. The molecule has 1 aliphatic rings. The summed E-state index contributed by atoms with van der Waals surface area (Å²) < 4.78 is 42.2. The molecule has 0 radical (unpaired) electrons. The van der Waals surface area contributed by atoms with Crippen LogP contribution in [0.25, 0.3) is 0 Å². The van der Waals surface area contributed by atoms with Crippen molar-refractivity contribution in [1.82, 2.24) is 4.90 Å². The molecular weight excluding hydrogens is 297 g/mol. The molecule has 0 spiro atoms. The van der Waals surface area contributed by atoms with Crippen LogP contribution in [0.1, 0.15) is 25.8 Å². The molecule has 0 saturated carbocycles. The molecule has 1 aliphatic heterocycles. The van der Waals surface area contributed by atoms with Crippen LogP contribution in [0.15, 0.2) is 30.3 Å². The highest BCUT2D eigenvalue weighted by atomic mass is 19.4. The van der Waals surface area contributed by atoms with Crippen molar-refractivity contribution in [2.45, 2.75) is 37.4 Å². The second kappa shape index (κ2) is 5.00.